The number of rotatable bonds is 5. The zero-order valence-corrected chi connectivity index (χ0v) is 12.0. The lowest BCUT2D eigenvalue weighted by molar-refractivity contribution is 0.0818. The van der Waals surface area contributed by atoms with Crippen LogP contribution in [-0.2, 0) is 0 Å². The molecule has 1 unspecified atom stereocenters. The van der Waals surface area contributed by atoms with Crippen molar-refractivity contribution >= 4 is 0 Å². The van der Waals surface area contributed by atoms with Crippen molar-refractivity contribution in [3.05, 3.63) is 0 Å². The monoisotopic (exact) mass is 242 g/mol. The largest absolute Gasteiger partial charge is 0.393 e. The molecule has 3 heteroatoms. The van der Waals surface area contributed by atoms with E-state index in [0.717, 1.165) is 39.0 Å². The van der Waals surface area contributed by atoms with E-state index < -0.39 is 0 Å². The molecule has 0 amide bonds. The SMILES string of the molecule is CC(NCCCN1CCC(O)CC1)C(C)(C)C. The average Bonchev–Trinajstić information content (AvgIpc) is 2.25. The normalized spacial score (nSPS) is 21.7. The molecule has 3 nitrogen and oxygen atoms in total. The lowest BCUT2D eigenvalue weighted by Gasteiger charge is -2.31. The van der Waals surface area contributed by atoms with Gasteiger partial charge in [-0.2, -0.15) is 0 Å². The molecule has 1 atom stereocenters. The number of hydrogen-bond donors (Lipinski definition) is 2. The molecule has 0 aromatic heterocycles. The van der Waals surface area contributed by atoms with E-state index in [-0.39, 0.29) is 6.10 Å². The standard InChI is InChI=1S/C14H30N2O/c1-12(14(2,3)4)15-8-5-9-16-10-6-13(17)7-11-16/h12-13,15,17H,5-11H2,1-4H3. The molecule has 1 rings (SSSR count). The van der Waals surface area contributed by atoms with E-state index >= 15 is 0 Å². The van der Waals surface area contributed by atoms with Gasteiger partial charge in [0.1, 0.15) is 0 Å². The van der Waals surface area contributed by atoms with Crippen molar-refractivity contribution < 1.29 is 5.11 Å². The Kier molecular flexibility index (Phi) is 5.90. The molecule has 1 heterocycles. The summed E-state index contributed by atoms with van der Waals surface area (Å²) in [7, 11) is 0. The second kappa shape index (κ2) is 6.72. The van der Waals surface area contributed by atoms with E-state index in [9.17, 15) is 5.11 Å². The third-order valence-corrected chi connectivity index (χ3v) is 3.96. The predicted octanol–water partition coefficient (Wildman–Crippen LogP) is 1.86. The topological polar surface area (TPSA) is 35.5 Å². The summed E-state index contributed by atoms with van der Waals surface area (Å²) < 4.78 is 0. The Balaban J connectivity index is 2.04. The maximum atomic E-state index is 9.42. The summed E-state index contributed by atoms with van der Waals surface area (Å²) in [5, 5.41) is 13.0. The fourth-order valence-corrected chi connectivity index (χ4v) is 2.07. The lowest BCUT2D eigenvalue weighted by Crippen LogP contribution is -2.40. The summed E-state index contributed by atoms with van der Waals surface area (Å²) >= 11 is 0. The maximum Gasteiger partial charge on any atom is 0.0564 e. The summed E-state index contributed by atoms with van der Waals surface area (Å²) in [4.78, 5) is 2.47. The fraction of sp³-hybridized carbons (Fsp3) is 1.00. The molecule has 0 radical (unpaired) electrons. The first-order valence-corrected chi connectivity index (χ1v) is 7.03. The third kappa shape index (κ3) is 5.84. The van der Waals surface area contributed by atoms with E-state index in [1.807, 2.05) is 0 Å². The van der Waals surface area contributed by atoms with Crippen molar-refractivity contribution in [1.82, 2.24) is 10.2 Å². The second-order valence-electron chi connectivity index (χ2n) is 6.47. The van der Waals surface area contributed by atoms with Gasteiger partial charge in [-0.25, -0.2) is 0 Å². The minimum absolute atomic E-state index is 0.0507. The van der Waals surface area contributed by atoms with Gasteiger partial charge in [0.2, 0.25) is 0 Å². The highest BCUT2D eigenvalue weighted by Crippen LogP contribution is 2.18. The summed E-state index contributed by atoms with van der Waals surface area (Å²) in [6, 6.07) is 0.561. The molecule has 1 aliphatic rings. The number of aliphatic hydroxyl groups excluding tert-OH is 1. The molecule has 0 aromatic carbocycles. The van der Waals surface area contributed by atoms with Gasteiger partial charge in [-0.15, -0.1) is 0 Å². The molecule has 0 saturated carbocycles. The molecule has 102 valence electrons. The highest BCUT2D eigenvalue weighted by Gasteiger charge is 2.19. The van der Waals surface area contributed by atoms with Crippen molar-refractivity contribution in [2.45, 2.75) is 59.1 Å². The van der Waals surface area contributed by atoms with Crippen LogP contribution in [0.2, 0.25) is 0 Å². The summed E-state index contributed by atoms with van der Waals surface area (Å²) in [5.74, 6) is 0. The van der Waals surface area contributed by atoms with E-state index in [1.165, 1.54) is 6.42 Å². The molecule has 0 spiro atoms. The van der Waals surface area contributed by atoms with E-state index in [4.69, 9.17) is 0 Å². The summed E-state index contributed by atoms with van der Waals surface area (Å²) in [6.45, 7) is 13.5. The fourth-order valence-electron chi connectivity index (χ4n) is 2.07. The predicted molar refractivity (Wildman–Crippen MR) is 73.2 cm³/mol. The highest BCUT2D eigenvalue weighted by molar-refractivity contribution is 4.76. The van der Waals surface area contributed by atoms with Gasteiger partial charge in [-0.1, -0.05) is 20.8 Å². The van der Waals surface area contributed by atoms with Gasteiger partial charge in [0, 0.05) is 19.1 Å². The number of likely N-dealkylation sites (tertiary alicyclic amines) is 1. The van der Waals surface area contributed by atoms with Crippen molar-refractivity contribution in [3.63, 3.8) is 0 Å². The zero-order chi connectivity index (χ0) is 12.9. The van der Waals surface area contributed by atoms with Crippen LogP contribution in [0, 0.1) is 5.41 Å². The van der Waals surface area contributed by atoms with Crippen molar-refractivity contribution in [1.29, 1.82) is 0 Å². The Bertz CT molecular complexity index is 205. The smallest absolute Gasteiger partial charge is 0.0564 e. The first-order valence-electron chi connectivity index (χ1n) is 7.03. The van der Waals surface area contributed by atoms with Crippen LogP contribution in [0.25, 0.3) is 0 Å². The number of hydrogen-bond acceptors (Lipinski definition) is 3. The van der Waals surface area contributed by atoms with Gasteiger partial charge < -0.3 is 15.3 Å². The van der Waals surface area contributed by atoms with Crippen molar-refractivity contribution in [2.75, 3.05) is 26.2 Å². The lowest BCUT2D eigenvalue weighted by atomic mass is 9.88. The second-order valence-corrected chi connectivity index (χ2v) is 6.47. The molecule has 17 heavy (non-hydrogen) atoms. The number of piperidine rings is 1. The van der Waals surface area contributed by atoms with E-state index in [0.29, 0.717) is 11.5 Å². The summed E-state index contributed by atoms with van der Waals surface area (Å²) in [6.07, 6.45) is 3.05. The third-order valence-electron chi connectivity index (χ3n) is 3.96. The van der Waals surface area contributed by atoms with Gasteiger partial charge in [-0.3, -0.25) is 0 Å². The number of nitrogens with zero attached hydrogens (tertiary/aromatic N) is 1. The first-order chi connectivity index (χ1) is 7.89. The van der Waals surface area contributed by atoms with Crippen LogP contribution in [-0.4, -0.2) is 48.3 Å². The molecule has 0 aliphatic carbocycles. The molecular weight excluding hydrogens is 212 g/mol. The minimum Gasteiger partial charge on any atom is -0.393 e. The van der Waals surface area contributed by atoms with Gasteiger partial charge in [0.15, 0.2) is 0 Å². The molecule has 1 aliphatic heterocycles. The van der Waals surface area contributed by atoms with E-state index in [2.05, 4.69) is 37.9 Å². The first kappa shape index (κ1) is 14.9. The Morgan fingerprint density at radius 1 is 1.29 bits per heavy atom. The van der Waals surface area contributed by atoms with Crippen LogP contribution in [0.4, 0.5) is 0 Å². The average molecular weight is 242 g/mol. The summed E-state index contributed by atoms with van der Waals surface area (Å²) in [5.41, 5.74) is 0.342. The van der Waals surface area contributed by atoms with E-state index in [1.54, 1.807) is 0 Å². The van der Waals surface area contributed by atoms with Gasteiger partial charge in [0.25, 0.3) is 0 Å². The van der Waals surface area contributed by atoms with Crippen molar-refractivity contribution in [3.8, 4) is 0 Å². The zero-order valence-electron chi connectivity index (χ0n) is 12.0. The molecule has 2 N–H and O–H groups in total. The van der Waals surface area contributed by atoms with Crippen molar-refractivity contribution in [2.24, 2.45) is 5.41 Å². The van der Waals surface area contributed by atoms with Crippen LogP contribution in [0.1, 0.15) is 47.0 Å². The van der Waals surface area contributed by atoms with Gasteiger partial charge in [0.05, 0.1) is 6.10 Å². The van der Waals surface area contributed by atoms with Crippen LogP contribution >= 0.6 is 0 Å². The number of nitrogens with one attached hydrogen (secondary N) is 1. The van der Waals surface area contributed by atoms with Crippen LogP contribution in [0.3, 0.4) is 0 Å². The molecule has 1 saturated heterocycles. The number of aliphatic hydroxyl groups is 1. The van der Waals surface area contributed by atoms with Crippen LogP contribution < -0.4 is 5.32 Å². The molecule has 1 fully saturated rings. The minimum atomic E-state index is -0.0507. The Morgan fingerprint density at radius 2 is 1.88 bits per heavy atom. The Hall–Kier alpha value is -0.120. The molecule has 0 aromatic rings. The van der Waals surface area contributed by atoms with Gasteiger partial charge >= 0.3 is 0 Å². The molecular formula is C14H30N2O. The highest BCUT2D eigenvalue weighted by atomic mass is 16.3. The maximum absolute atomic E-state index is 9.42. The Morgan fingerprint density at radius 3 is 2.41 bits per heavy atom. The van der Waals surface area contributed by atoms with Crippen LogP contribution in [0.15, 0.2) is 0 Å². The van der Waals surface area contributed by atoms with Gasteiger partial charge in [-0.05, 0) is 44.7 Å². The quantitative estimate of drug-likeness (QED) is 0.722. The van der Waals surface area contributed by atoms with Crippen LogP contribution in [0.5, 0.6) is 0 Å². The molecule has 0 bridgehead atoms. The Labute approximate surface area is 107 Å².